The number of carbonyl (C=O) groups is 1. The van der Waals surface area contributed by atoms with Crippen molar-refractivity contribution < 1.29 is 9.53 Å². The van der Waals surface area contributed by atoms with Crippen LogP contribution in [0, 0.1) is 18.3 Å². The number of ether oxygens (including phenoxy) is 1. The molecule has 114 valence electrons. The summed E-state index contributed by atoms with van der Waals surface area (Å²) in [7, 11) is 0. The van der Waals surface area contributed by atoms with Crippen molar-refractivity contribution in [3.63, 3.8) is 0 Å². The standard InChI is InChI=1S/C16H23N3O2/c1-12-7-5-8-14(13(12)11-17)18-9-6-10-19-15(20)21-16(2,3)4/h5,7-8,18H,6,9-10H2,1-4H3,(H,19,20). The van der Waals surface area contributed by atoms with Crippen LogP contribution >= 0.6 is 0 Å². The fourth-order valence-corrected chi connectivity index (χ4v) is 1.78. The maximum absolute atomic E-state index is 11.4. The van der Waals surface area contributed by atoms with Crippen LogP contribution in [-0.2, 0) is 4.74 Å². The summed E-state index contributed by atoms with van der Waals surface area (Å²) in [5.41, 5.74) is 1.97. The van der Waals surface area contributed by atoms with Gasteiger partial charge in [0.05, 0.1) is 11.3 Å². The van der Waals surface area contributed by atoms with E-state index >= 15 is 0 Å². The average molecular weight is 289 g/mol. The van der Waals surface area contributed by atoms with Gasteiger partial charge in [-0.25, -0.2) is 4.79 Å². The van der Waals surface area contributed by atoms with Crippen LogP contribution in [-0.4, -0.2) is 24.8 Å². The predicted molar refractivity (Wildman–Crippen MR) is 83.2 cm³/mol. The van der Waals surface area contributed by atoms with Gasteiger partial charge in [-0.1, -0.05) is 12.1 Å². The van der Waals surface area contributed by atoms with Crippen molar-refractivity contribution in [3.8, 4) is 6.07 Å². The first-order valence-corrected chi connectivity index (χ1v) is 7.04. The van der Waals surface area contributed by atoms with Crippen molar-refractivity contribution in [2.45, 2.75) is 39.7 Å². The quantitative estimate of drug-likeness (QED) is 0.816. The van der Waals surface area contributed by atoms with Gasteiger partial charge in [-0.3, -0.25) is 0 Å². The van der Waals surface area contributed by atoms with Gasteiger partial charge < -0.3 is 15.4 Å². The summed E-state index contributed by atoms with van der Waals surface area (Å²) in [5, 5.41) is 15.0. The van der Waals surface area contributed by atoms with Crippen LogP contribution in [0.15, 0.2) is 18.2 Å². The number of anilines is 1. The van der Waals surface area contributed by atoms with Crippen LogP contribution in [0.3, 0.4) is 0 Å². The van der Waals surface area contributed by atoms with Crippen molar-refractivity contribution in [3.05, 3.63) is 29.3 Å². The number of benzene rings is 1. The lowest BCUT2D eigenvalue weighted by molar-refractivity contribution is 0.0528. The molecule has 0 radical (unpaired) electrons. The van der Waals surface area contributed by atoms with E-state index in [1.54, 1.807) is 0 Å². The zero-order chi connectivity index (χ0) is 15.9. The number of nitriles is 1. The van der Waals surface area contributed by atoms with Crippen LogP contribution in [0.1, 0.15) is 38.3 Å². The molecule has 0 unspecified atom stereocenters. The first-order chi connectivity index (χ1) is 9.83. The summed E-state index contributed by atoms with van der Waals surface area (Å²) in [5.74, 6) is 0. The average Bonchev–Trinajstić information content (AvgIpc) is 2.36. The van der Waals surface area contributed by atoms with Crippen LogP contribution < -0.4 is 10.6 Å². The van der Waals surface area contributed by atoms with E-state index in [0.29, 0.717) is 18.7 Å². The second-order valence-corrected chi connectivity index (χ2v) is 5.82. The molecule has 1 aromatic rings. The molecule has 0 fully saturated rings. The number of amides is 1. The third-order valence-corrected chi connectivity index (χ3v) is 2.72. The Morgan fingerprint density at radius 2 is 2.05 bits per heavy atom. The van der Waals surface area contributed by atoms with E-state index in [4.69, 9.17) is 10.00 Å². The third-order valence-electron chi connectivity index (χ3n) is 2.72. The van der Waals surface area contributed by atoms with Gasteiger partial charge in [0, 0.05) is 13.1 Å². The fourth-order valence-electron chi connectivity index (χ4n) is 1.78. The first-order valence-electron chi connectivity index (χ1n) is 7.04. The van der Waals surface area contributed by atoms with Gasteiger partial charge in [-0.05, 0) is 45.7 Å². The molecule has 0 spiro atoms. The lowest BCUT2D eigenvalue weighted by Gasteiger charge is -2.19. The van der Waals surface area contributed by atoms with E-state index in [1.807, 2.05) is 45.9 Å². The van der Waals surface area contributed by atoms with Crippen LogP contribution in [0.5, 0.6) is 0 Å². The van der Waals surface area contributed by atoms with Gasteiger partial charge in [0.15, 0.2) is 0 Å². The number of alkyl carbamates (subject to hydrolysis) is 1. The second-order valence-electron chi connectivity index (χ2n) is 5.82. The number of rotatable bonds is 5. The molecule has 1 rings (SSSR count). The highest BCUT2D eigenvalue weighted by molar-refractivity contribution is 5.67. The Hall–Kier alpha value is -2.22. The predicted octanol–water partition coefficient (Wildman–Crippen LogP) is 3.19. The van der Waals surface area contributed by atoms with Gasteiger partial charge in [0.25, 0.3) is 0 Å². The van der Waals surface area contributed by atoms with E-state index in [-0.39, 0.29) is 0 Å². The smallest absolute Gasteiger partial charge is 0.407 e. The molecule has 5 nitrogen and oxygen atoms in total. The molecule has 0 aliphatic heterocycles. The van der Waals surface area contributed by atoms with Crippen LogP contribution in [0.4, 0.5) is 10.5 Å². The highest BCUT2D eigenvalue weighted by atomic mass is 16.6. The van der Waals surface area contributed by atoms with Gasteiger partial charge in [0.2, 0.25) is 0 Å². The minimum atomic E-state index is -0.481. The molecule has 0 saturated heterocycles. The molecular weight excluding hydrogens is 266 g/mol. The fraction of sp³-hybridized carbons (Fsp3) is 0.500. The zero-order valence-electron chi connectivity index (χ0n) is 13.1. The van der Waals surface area contributed by atoms with E-state index in [9.17, 15) is 4.79 Å². The molecule has 0 aromatic heterocycles. The third kappa shape index (κ3) is 6.17. The molecule has 5 heteroatoms. The van der Waals surface area contributed by atoms with Crippen LogP contribution in [0.25, 0.3) is 0 Å². The summed E-state index contributed by atoms with van der Waals surface area (Å²) in [4.78, 5) is 11.4. The summed E-state index contributed by atoms with van der Waals surface area (Å²) in [6.07, 6.45) is 0.341. The Kier molecular flexibility index (Phi) is 6.04. The Labute approximate surface area is 126 Å². The number of aryl methyl sites for hydroxylation is 1. The van der Waals surface area contributed by atoms with Gasteiger partial charge >= 0.3 is 6.09 Å². The number of nitrogens with zero attached hydrogens (tertiary/aromatic N) is 1. The molecule has 2 N–H and O–H groups in total. The van der Waals surface area contributed by atoms with Crippen molar-refractivity contribution >= 4 is 11.8 Å². The molecule has 0 atom stereocenters. The van der Waals surface area contributed by atoms with Crippen molar-refractivity contribution in [1.82, 2.24) is 5.32 Å². The lowest BCUT2D eigenvalue weighted by atomic mass is 10.1. The normalized spacial score (nSPS) is 10.6. The number of hydrogen-bond acceptors (Lipinski definition) is 4. The highest BCUT2D eigenvalue weighted by Gasteiger charge is 2.15. The van der Waals surface area contributed by atoms with Crippen molar-refractivity contribution in [1.29, 1.82) is 5.26 Å². The molecule has 1 amide bonds. The SMILES string of the molecule is Cc1cccc(NCCCNC(=O)OC(C)(C)C)c1C#N. The number of carbonyl (C=O) groups excluding carboxylic acids is 1. The van der Waals surface area contributed by atoms with E-state index in [0.717, 1.165) is 17.7 Å². The minimum absolute atomic E-state index is 0.407. The van der Waals surface area contributed by atoms with E-state index in [2.05, 4.69) is 16.7 Å². The molecule has 0 heterocycles. The van der Waals surface area contributed by atoms with Crippen LogP contribution in [0.2, 0.25) is 0 Å². The minimum Gasteiger partial charge on any atom is -0.444 e. The monoisotopic (exact) mass is 289 g/mol. The first kappa shape index (κ1) is 16.8. The maximum Gasteiger partial charge on any atom is 0.407 e. The topological polar surface area (TPSA) is 74.2 Å². The maximum atomic E-state index is 11.4. The number of hydrogen-bond donors (Lipinski definition) is 2. The summed E-state index contributed by atoms with van der Waals surface area (Å²) in [6.45, 7) is 8.59. The Balaban J connectivity index is 2.31. The molecule has 1 aromatic carbocycles. The molecule has 0 saturated carbocycles. The van der Waals surface area contributed by atoms with Crippen molar-refractivity contribution in [2.24, 2.45) is 0 Å². The second kappa shape index (κ2) is 7.53. The lowest BCUT2D eigenvalue weighted by Crippen LogP contribution is -2.33. The number of nitrogens with one attached hydrogen (secondary N) is 2. The van der Waals surface area contributed by atoms with Gasteiger partial charge in [0.1, 0.15) is 11.7 Å². The van der Waals surface area contributed by atoms with E-state index in [1.165, 1.54) is 0 Å². The molecule has 0 aliphatic carbocycles. The van der Waals surface area contributed by atoms with Gasteiger partial charge in [-0.2, -0.15) is 5.26 Å². The molecule has 21 heavy (non-hydrogen) atoms. The molecule has 0 bridgehead atoms. The largest absolute Gasteiger partial charge is 0.444 e. The Morgan fingerprint density at radius 3 is 2.67 bits per heavy atom. The zero-order valence-corrected chi connectivity index (χ0v) is 13.1. The van der Waals surface area contributed by atoms with Crippen molar-refractivity contribution in [2.75, 3.05) is 18.4 Å². The van der Waals surface area contributed by atoms with Gasteiger partial charge in [-0.15, -0.1) is 0 Å². The summed E-state index contributed by atoms with van der Waals surface area (Å²) in [6, 6.07) is 7.90. The Bertz CT molecular complexity index is 527. The molecular formula is C16H23N3O2. The highest BCUT2D eigenvalue weighted by Crippen LogP contribution is 2.17. The summed E-state index contributed by atoms with van der Waals surface area (Å²) >= 11 is 0. The Morgan fingerprint density at radius 1 is 1.33 bits per heavy atom. The summed E-state index contributed by atoms with van der Waals surface area (Å²) < 4.78 is 5.14. The molecule has 0 aliphatic rings. The van der Waals surface area contributed by atoms with E-state index < -0.39 is 11.7 Å².